The second-order valence-corrected chi connectivity index (χ2v) is 9.26. The van der Waals surface area contributed by atoms with Crippen molar-refractivity contribution in [1.29, 1.82) is 0 Å². The zero-order valence-corrected chi connectivity index (χ0v) is 19.9. The van der Waals surface area contributed by atoms with Crippen LogP contribution in [-0.2, 0) is 38.5 Å². The van der Waals surface area contributed by atoms with Crippen molar-refractivity contribution in [2.45, 2.75) is 58.7 Å². The number of rotatable bonds is 8. The first-order valence-corrected chi connectivity index (χ1v) is 11.6. The number of ether oxygens (including phenoxy) is 1. The summed E-state index contributed by atoms with van der Waals surface area (Å²) in [5.74, 6) is -0.929. The zero-order chi connectivity index (χ0) is 24.0. The van der Waals surface area contributed by atoms with Gasteiger partial charge in [0.25, 0.3) is 0 Å². The molecule has 0 aliphatic carbocycles. The number of hydrogen-bond donors (Lipinski definition) is 1. The van der Waals surface area contributed by atoms with Crippen molar-refractivity contribution in [3.05, 3.63) is 71.3 Å². The highest BCUT2D eigenvalue weighted by molar-refractivity contribution is 5.92. The van der Waals surface area contributed by atoms with Crippen molar-refractivity contribution in [1.82, 2.24) is 10.2 Å². The molecular formula is C27H34N2O4. The molecule has 0 aromatic heterocycles. The number of benzene rings is 2. The van der Waals surface area contributed by atoms with Crippen molar-refractivity contribution < 1.29 is 19.1 Å². The van der Waals surface area contributed by atoms with E-state index in [0.29, 0.717) is 25.8 Å². The van der Waals surface area contributed by atoms with Crippen LogP contribution in [0.2, 0.25) is 0 Å². The van der Waals surface area contributed by atoms with Crippen molar-refractivity contribution in [2.24, 2.45) is 11.8 Å². The number of carbonyl (C=O) groups excluding carboxylic acids is 3. The molecule has 0 radical (unpaired) electrons. The zero-order valence-electron chi connectivity index (χ0n) is 19.9. The fraction of sp³-hybridized carbons (Fsp3) is 0.444. The van der Waals surface area contributed by atoms with Gasteiger partial charge in [0, 0.05) is 18.9 Å². The molecule has 3 atom stereocenters. The number of nitrogens with one attached hydrogen (secondary N) is 1. The largest absolute Gasteiger partial charge is 0.467 e. The van der Waals surface area contributed by atoms with Gasteiger partial charge in [-0.05, 0) is 35.4 Å². The van der Waals surface area contributed by atoms with Gasteiger partial charge >= 0.3 is 5.97 Å². The Hall–Kier alpha value is -3.15. The highest BCUT2D eigenvalue weighted by Crippen LogP contribution is 2.26. The van der Waals surface area contributed by atoms with E-state index in [1.807, 2.05) is 75.4 Å². The molecule has 6 heteroatoms. The molecule has 1 aliphatic heterocycles. The van der Waals surface area contributed by atoms with Crippen LogP contribution in [0.25, 0.3) is 0 Å². The van der Waals surface area contributed by atoms with Crippen molar-refractivity contribution in [3.8, 4) is 0 Å². The van der Waals surface area contributed by atoms with Crippen LogP contribution in [0.5, 0.6) is 0 Å². The molecule has 33 heavy (non-hydrogen) atoms. The van der Waals surface area contributed by atoms with E-state index in [9.17, 15) is 14.4 Å². The second-order valence-electron chi connectivity index (χ2n) is 9.26. The number of nitrogens with zero attached hydrogens (tertiary/aromatic N) is 1. The molecule has 0 unspecified atom stereocenters. The van der Waals surface area contributed by atoms with E-state index in [1.54, 1.807) is 4.90 Å². The van der Waals surface area contributed by atoms with E-state index in [-0.39, 0.29) is 23.7 Å². The number of fused-ring (bicyclic) bond motifs is 1. The number of carbonyl (C=O) groups is 3. The quantitative estimate of drug-likeness (QED) is 0.625. The van der Waals surface area contributed by atoms with E-state index in [4.69, 9.17) is 4.74 Å². The predicted octanol–water partition coefficient (Wildman–Crippen LogP) is 3.52. The Balaban J connectivity index is 1.83. The van der Waals surface area contributed by atoms with Gasteiger partial charge in [0.1, 0.15) is 12.1 Å². The minimum Gasteiger partial charge on any atom is -0.467 e. The van der Waals surface area contributed by atoms with Crippen LogP contribution in [-0.4, -0.2) is 41.9 Å². The molecule has 3 rings (SSSR count). The number of amides is 2. The van der Waals surface area contributed by atoms with E-state index < -0.39 is 18.1 Å². The van der Waals surface area contributed by atoms with Gasteiger partial charge in [0.2, 0.25) is 11.8 Å². The fourth-order valence-electron chi connectivity index (χ4n) is 4.42. The summed E-state index contributed by atoms with van der Waals surface area (Å²) in [4.78, 5) is 40.9. The minimum atomic E-state index is -0.738. The Kier molecular flexibility index (Phi) is 8.26. The maximum absolute atomic E-state index is 13.5. The summed E-state index contributed by atoms with van der Waals surface area (Å²) in [7, 11) is 1.32. The summed E-state index contributed by atoms with van der Waals surface area (Å²) in [6, 6.07) is 16.4. The van der Waals surface area contributed by atoms with Gasteiger partial charge in [0.05, 0.1) is 7.11 Å². The van der Waals surface area contributed by atoms with E-state index in [1.165, 1.54) is 7.11 Å². The maximum atomic E-state index is 13.5. The number of hydrogen-bond acceptors (Lipinski definition) is 4. The molecular weight excluding hydrogens is 416 g/mol. The van der Waals surface area contributed by atoms with E-state index >= 15 is 0 Å². The van der Waals surface area contributed by atoms with Crippen molar-refractivity contribution in [3.63, 3.8) is 0 Å². The number of methoxy groups -OCH3 is 1. The Morgan fingerprint density at radius 3 is 2.27 bits per heavy atom. The molecule has 0 spiro atoms. The topological polar surface area (TPSA) is 75.7 Å². The SMILES string of the molecule is COC(=O)[C@H](CC(C)C)NC(=O)[C@@H]1Cc2ccccc2CN1C(=O)[C@H](C)Cc1ccccc1. The Labute approximate surface area is 196 Å². The average molecular weight is 451 g/mol. The molecule has 2 aromatic rings. The first kappa shape index (κ1) is 24.5. The highest BCUT2D eigenvalue weighted by Gasteiger charge is 2.37. The molecule has 0 saturated heterocycles. The summed E-state index contributed by atoms with van der Waals surface area (Å²) in [5, 5.41) is 2.87. The molecule has 1 aliphatic rings. The minimum absolute atomic E-state index is 0.0630. The normalized spacial score (nSPS) is 17.1. The Morgan fingerprint density at radius 1 is 1.00 bits per heavy atom. The third kappa shape index (κ3) is 6.21. The van der Waals surface area contributed by atoms with Crippen LogP contribution in [0.3, 0.4) is 0 Å². The molecule has 2 aromatic carbocycles. The summed E-state index contributed by atoms with van der Waals surface area (Å²) in [6.07, 6.45) is 1.49. The van der Waals surface area contributed by atoms with Crippen LogP contribution in [0.4, 0.5) is 0 Å². The van der Waals surface area contributed by atoms with Crippen molar-refractivity contribution >= 4 is 17.8 Å². The molecule has 1 heterocycles. The van der Waals surface area contributed by atoms with Gasteiger partial charge in [0.15, 0.2) is 0 Å². The molecule has 176 valence electrons. The third-order valence-corrected chi connectivity index (χ3v) is 6.15. The standard InChI is InChI=1S/C27H34N2O4/c1-18(2)14-23(27(32)33-4)28-25(30)24-16-21-12-8-9-13-22(21)17-29(24)26(31)19(3)15-20-10-6-5-7-11-20/h5-13,18-19,23-24H,14-17H2,1-4H3,(H,28,30)/t19-,23+,24+/m1/s1. The van der Waals surface area contributed by atoms with Gasteiger partial charge < -0.3 is 15.0 Å². The Bertz CT molecular complexity index is 973. The average Bonchev–Trinajstić information content (AvgIpc) is 2.82. The smallest absolute Gasteiger partial charge is 0.328 e. The molecule has 1 N–H and O–H groups in total. The van der Waals surface area contributed by atoms with Gasteiger partial charge in [-0.15, -0.1) is 0 Å². The lowest BCUT2D eigenvalue weighted by molar-refractivity contribution is -0.148. The van der Waals surface area contributed by atoms with Crippen LogP contribution >= 0.6 is 0 Å². The Morgan fingerprint density at radius 2 is 1.64 bits per heavy atom. The molecule has 0 saturated carbocycles. The first-order valence-electron chi connectivity index (χ1n) is 11.6. The van der Waals surface area contributed by atoms with Crippen LogP contribution in [0, 0.1) is 11.8 Å². The lowest BCUT2D eigenvalue weighted by Crippen LogP contribution is -2.56. The fourth-order valence-corrected chi connectivity index (χ4v) is 4.42. The van der Waals surface area contributed by atoms with Crippen LogP contribution < -0.4 is 5.32 Å². The molecule has 0 fully saturated rings. The van der Waals surface area contributed by atoms with Gasteiger partial charge in [-0.1, -0.05) is 75.4 Å². The van der Waals surface area contributed by atoms with Gasteiger partial charge in [-0.3, -0.25) is 9.59 Å². The molecule has 0 bridgehead atoms. The summed E-state index contributed by atoms with van der Waals surface area (Å²) >= 11 is 0. The first-order chi connectivity index (χ1) is 15.8. The predicted molar refractivity (Wildman–Crippen MR) is 127 cm³/mol. The second kappa shape index (κ2) is 11.1. The summed E-state index contributed by atoms with van der Waals surface area (Å²) < 4.78 is 4.90. The number of esters is 1. The van der Waals surface area contributed by atoms with Crippen LogP contribution in [0.15, 0.2) is 54.6 Å². The molecule has 6 nitrogen and oxygen atoms in total. The lowest BCUT2D eigenvalue weighted by Gasteiger charge is -2.38. The third-order valence-electron chi connectivity index (χ3n) is 6.15. The van der Waals surface area contributed by atoms with Crippen LogP contribution in [0.1, 0.15) is 43.9 Å². The van der Waals surface area contributed by atoms with E-state index in [0.717, 1.165) is 16.7 Å². The van der Waals surface area contributed by atoms with Gasteiger partial charge in [-0.25, -0.2) is 4.79 Å². The van der Waals surface area contributed by atoms with E-state index in [2.05, 4.69) is 5.32 Å². The summed E-state index contributed by atoms with van der Waals surface area (Å²) in [6.45, 7) is 6.25. The molecule has 2 amide bonds. The maximum Gasteiger partial charge on any atom is 0.328 e. The monoisotopic (exact) mass is 450 g/mol. The van der Waals surface area contributed by atoms with Gasteiger partial charge in [-0.2, -0.15) is 0 Å². The summed E-state index contributed by atoms with van der Waals surface area (Å²) in [5.41, 5.74) is 3.18. The lowest BCUT2D eigenvalue weighted by atomic mass is 9.91. The van der Waals surface area contributed by atoms with Crippen molar-refractivity contribution in [2.75, 3.05) is 7.11 Å². The highest BCUT2D eigenvalue weighted by atomic mass is 16.5.